The molecule has 8 heteroatoms. The molecule has 0 aliphatic carbocycles. The van der Waals surface area contributed by atoms with Crippen LogP contribution in [0, 0.1) is 0 Å². The average Bonchev–Trinajstić information content (AvgIpc) is 3.17. The molecule has 4 aromatic rings. The Bertz CT molecular complexity index is 1320. The summed E-state index contributed by atoms with van der Waals surface area (Å²) in [6.07, 6.45) is 0. The van der Waals surface area contributed by atoms with E-state index in [1.807, 2.05) is 42.5 Å². The Hall–Kier alpha value is -3.62. The van der Waals surface area contributed by atoms with Crippen molar-refractivity contribution in [2.45, 2.75) is 11.8 Å². The van der Waals surface area contributed by atoms with Gasteiger partial charge in [0.1, 0.15) is 5.58 Å². The number of nitrogens with one attached hydrogen (secondary N) is 2. The molecule has 0 aliphatic heterocycles. The maximum atomic E-state index is 12.7. The monoisotopic (exact) mass is 436 g/mol. The lowest BCUT2D eigenvalue weighted by Gasteiger charge is -2.08. The van der Waals surface area contributed by atoms with E-state index in [4.69, 9.17) is 9.15 Å². The van der Waals surface area contributed by atoms with Crippen molar-refractivity contribution in [1.29, 1.82) is 0 Å². The van der Waals surface area contributed by atoms with Gasteiger partial charge in [0, 0.05) is 0 Å². The topological polar surface area (TPSA) is 97.6 Å². The van der Waals surface area contributed by atoms with Gasteiger partial charge in [-0.15, -0.1) is 4.83 Å². The first-order chi connectivity index (χ1) is 15.0. The van der Waals surface area contributed by atoms with E-state index in [9.17, 15) is 13.2 Å². The fourth-order valence-corrected chi connectivity index (χ4v) is 4.01. The van der Waals surface area contributed by atoms with E-state index in [1.165, 1.54) is 12.1 Å². The Balaban J connectivity index is 1.65. The van der Waals surface area contributed by atoms with E-state index in [-0.39, 0.29) is 16.4 Å². The Morgan fingerprint density at radius 3 is 2.29 bits per heavy atom. The molecule has 4 rings (SSSR count). The molecule has 1 amide bonds. The van der Waals surface area contributed by atoms with Crippen molar-refractivity contribution < 1.29 is 22.4 Å². The second kappa shape index (κ2) is 8.63. The quantitative estimate of drug-likeness (QED) is 0.425. The van der Waals surface area contributed by atoms with Crippen molar-refractivity contribution in [1.82, 2.24) is 10.3 Å². The van der Waals surface area contributed by atoms with Gasteiger partial charge in [0.05, 0.1) is 16.9 Å². The number of amides is 1. The molecular formula is C23H20N2O5S. The Kier molecular flexibility index (Phi) is 5.75. The first-order valence-electron chi connectivity index (χ1n) is 9.61. The minimum absolute atomic E-state index is 0.0254. The van der Waals surface area contributed by atoms with Crippen LogP contribution in [0.15, 0.2) is 88.2 Å². The largest absolute Gasteiger partial charge is 0.489 e. The van der Waals surface area contributed by atoms with Crippen LogP contribution >= 0.6 is 0 Å². The SMILES string of the molecule is CCOc1c(C(=O)NNS(=O)(=O)c2ccccc2)oc2ccc(-c3ccccc3)cc12. The standard InChI is InChI=1S/C23H20N2O5S/c1-2-29-21-19-15-17(16-9-5-3-6-10-16)13-14-20(19)30-22(21)23(26)24-25-31(27,28)18-11-7-4-8-12-18/h3-15,25H,2H2,1H3,(H,24,26). The third kappa shape index (κ3) is 4.30. The molecule has 0 spiro atoms. The van der Waals surface area contributed by atoms with Crippen molar-refractivity contribution in [2.75, 3.05) is 6.61 Å². The molecule has 0 fully saturated rings. The molecule has 31 heavy (non-hydrogen) atoms. The van der Waals surface area contributed by atoms with Crippen LogP contribution in [0.4, 0.5) is 0 Å². The van der Waals surface area contributed by atoms with Gasteiger partial charge >= 0.3 is 5.91 Å². The van der Waals surface area contributed by atoms with Crippen LogP contribution in [-0.2, 0) is 10.0 Å². The predicted molar refractivity (Wildman–Crippen MR) is 117 cm³/mol. The first-order valence-corrected chi connectivity index (χ1v) is 11.1. The maximum absolute atomic E-state index is 12.7. The lowest BCUT2D eigenvalue weighted by molar-refractivity contribution is 0.0914. The highest BCUT2D eigenvalue weighted by atomic mass is 32.2. The third-order valence-electron chi connectivity index (χ3n) is 4.60. The Morgan fingerprint density at radius 2 is 1.61 bits per heavy atom. The van der Waals surface area contributed by atoms with Gasteiger partial charge in [0.25, 0.3) is 10.0 Å². The lowest BCUT2D eigenvalue weighted by atomic mass is 10.0. The van der Waals surface area contributed by atoms with E-state index in [0.717, 1.165) is 11.1 Å². The minimum Gasteiger partial charge on any atom is -0.489 e. The lowest BCUT2D eigenvalue weighted by Crippen LogP contribution is -2.41. The molecule has 0 bridgehead atoms. The zero-order valence-corrected chi connectivity index (χ0v) is 17.5. The summed E-state index contributed by atoms with van der Waals surface area (Å²) in [5.74, 6) is -0.620. The number of hydrogen-bond acceptors (Lipinski definition) is 5. The van der Waals surface area contributed by atoms with Gasteiger partial charge in [-0.2, -0.15) is 0 Å². The number of carbonyl (C=O) groups excluding carboxylic acids is 1. The van der Waals surface area contributed by atoms with Crippen LogP contribution in [0.5, 0.6) is 5.75 Å². The first kappa shape index (κ1) is 20.6. The predicted octanol–water partition coefficient (Wildman–Crippen LogP) is 4.12. The smallest absolute Gasteiger partial charge is 0.305 e. The Morgan fingerprint density at radius 1 is 0.935 bits per heavy atom. The Labute approximate surface area is 179 Å². The van der Waals surface area contributed by atoms with E-state index in [0.29, 0.717) is 17.6 Å². The van der Waals surface area contributed by atoms with Crippen LogP contribution in [0.1, 0.15) is 17.5 Å². The van der Waals surface area contributed by atoms with Crippen molar-refractivity contribution in [2.24, 2.45) is 0 Å². The molecule has 0 unspecified atom stereocenters. The van der Waals surface area contributed by atoms with Gasteiger partial charge < -0.3 is 9.15 Å². The van der Waals surface area contributed by atoms with E-state index in [2.05, 4.69) is 10.3 Å². The van der Waals surface area contributed by atoms with Crippen molar-refractivity contribution in [3.05, 3.63) is 84.6 Å². The van der Waals surface area contributed by atoms with Gasteiger partial charge in [-0.3, -0.25) is 10.2 Å². The number of ether oxygens (including phenoxy) is 1. The summed E-state index contributed by atoms with van der Waals surface area (Å²) in [6, 6.07) is 23.0. The molecule has 7 nitrogen and oxygen atoms in total. The van der Waals surface area contributed by atoms with Gasteiger partial charge in [0.15, 0.2) is 5.75 Å². The highest BCUT2D eigenvalue weighted by Crippen LogP contribution is 2.36. The zero-order valence-electron chi connectivity index (χ0n) is 16.7. The van der Waals surface area contributed by atoms with Gasteiger partial charge in [0.2, 0.25) is 5.76 Å². The van der Waals surface area contributed by atoms with Crippen molar-refractivity contribution in [3.8, 4) is 16.9 Å². The summed E-state index contributed by atoms with van der Waals surface area (Å²) in [5, 5.41) is 0.624. The molecule has 0 saturated carbocycles. The molecular weight excluding hydrogens is 416 g/mol. The second-order valence-electron chi connectivity index (χ2n) is 6.64. The molecule has 1 aromatic heterocycles. The van der Waals surface area contributed by atoms with E-state index in [1.54, 1.807) is 31.2 Å². The molecule has 0 atom stereocenters. The zero-order chi connectivity index (χ0) is 21.8. The molecule has 158 valence electrons. The molecule has 0 saturated heterocycles. The van der Waals surface area contributed by atoms with Crippen LogP contribution < -0.4 is 15.0 Å². The highest BCUT2D eigenvalue weighted by Gasteiger charge is 2.24. The molecule has 3 aromatic carbocycles. The van der Waals surface area contributed by atoms with Gasteiger partial charge in [-0.1, -0.05) is 54.6 Å². The summed E-state index contributed by atoms with van der Waals surface area (Å²) in [6.45, 7) is 2.10. The van der Waals surface area contributed by atoms with Crippen LogP contribution in [-0.4, -0.2) is 20.9 Å². The van der Waals surface area contributed by atoms with Crippen LogP contribution in [0.2, 0.25) is 0 Å². The minimum atomic E-state index is -3.93. The van der Waals surface area contributed by atoms with E-state index < -0.39 is 15.9 Å². The normalized spacial score (nSPS) is 11.4. The fourth-order valence-electron chi connectivity index (χ4n) is 3.15. The van der Waals surface area contributed by atoms with Gasteiger partial charge in [-0.05, 0) is 42.3 Å². The number of carbonyl (C=O) groups is 1. The summed E-state index contributed by atoms with van der Waals surface area (Å²) in [4.78, 5) is 14.8. The molecule has 2 N–H and O–H groups in total. The van der Waals surface area contributed by atoms with Crippen LogP contribution in [0.25, 0.3) is 22.1 Å². The summed E-state index contributed by atoms with van der Waals surface area (Å²) in [7, 11) is -3.93. The number of sulfonamides is 1. The molecule has 1 heterocycles. The molecule has 0 radical (unpaired) electrons. The summed E-state index contributed by atoms with van der Waals surface area (Å²) in [5.41, 5.74) is 4.60. The number of fused-ring (bicyclic) bond motifs is 1. The molecule has 0 aliphatic rings. The highest BCUT2D eigenvalue weighted by molar-refractivity contribution is 7.89. The average molecular weight is 436 g/mol. The maximum Gasteiger partial charge on any atom is 0.305 e. The third-order valence-corrected chi connectivity index (χ3v) is 5.86. The second-order valence-corrected chi connectivity index (χ2v) is 8.33. The number of hydrogen-bond donors (Lipinski definition) is 2. The summed E-state index contributed by atoms with van der Waals surface area (Å²) < 4.78 is 36.1. The van der Waals surface area contributed by atoms with E-state index >= 15 is 0 Å². The number of furan rings is 1. The summed E-state index contributed by atoms with van der Waals surface area (Å²) >= 11 is 0. The number of benzene rings is 3. The number of hydrazine groups is 1. The van der Waals surface area contributed by atoms with Crippen molar-refractivity contribution >= 4 is 26.9 Å². The fraction of sp³-hybridized carbons (Fsp3) is 0.0870. The van der Waals surface area contributed by atoms with Crippen LogP contribution in [0.3, 0.4) is 0 Å². The van der Waals surface area contributed by atoms with Gasteiger partial charge in [-0.25, -0.2) is 8.42 Å². The van der Waals surface area contributed by atoms with Crippen molar-refractivity contribution in [3.63, 3.8) is 0 Å². The number of rotatable bonds is 7.